The molecular formula is C20H30O7. The zero-order valence-corrected chi connectivity index (χ0v) is 16.2. The molecule has 7 nitrogen and oxygen atoms in total. The number of aliphatic hydroxyl groups excluding tert-OH is 2. The van der Waals surface area contributed by atoms with Gasteiger partial charge in [-0.3, -0.25) is 4.79 Å². The van der Waals surface area contributed by atoms with Gasteiger partial charge in [0.25, 0.3) is 0 Å². The first kappa shape index (κ1) is 18.5. The Balaban J connectivity index is 1.75. The number of rotatable bonds is 0. The number of ketones is 1. The summed E-state index contributed by atoms with van der Waals surface area (Å²) in [5.74, 6) is -2.67. The first-order valence-electron chi connectivity index (χ1n) is 9.98. The van der Waals surface area contributed by atoms with E-state index in [1.54, 1.807) is 27.7 Å². The molecule has 152 valence electrons. The van der Waals surface area contributed by atoms with Crippen molar-refractivity contribution < 1.29 is 35.1 Å². The number of hydrogen-bond donors (Lipinski definition) is 5. The second-order valence-corrected chi connectivity index (χ2v) is 10.8. The molecule has 5 aliphatic rings. The summed E-state index contributed by atoms with van der Waals surface area (Å²) >= 11 is 0. The molecule has 0 aromatic heterocycles. The summed E-state index contributed by atoms with van der Waals surface area (Å²) in [6, 6.07) is 0. The molecule has 2 bridgehead atoms. The molecule has 0 amide bonds. The highest BCUT2D eigenvalue weighted by Gasteiger charge is 2.85. The Morgan fingerprint density at radius 2 is 1.67 bits per heavy atom. The molecule has 11 atom stereocenters. The topological polar surface area (TPSA) is 131 Å². The number of ether oxygens (including phenoxy) is 1. The van der Waals surface area contributed by atoms with E-state index >= 15 is 0 Å². The Labute approximate surface area is 158 Å². The molecule has 0 aromatic rings. The molecule has 1 saturated heterocycles. The van der Waals surface area contributed by atoms with Crippen LogP contribution < -0.4 is 0 Å². The van der Waals surface area contributed by atoms with Gasteiger partial charge in [0.1, 0.15) is 11.7 Å². The number of carbonyl (C=O) groups excluding carboxylic acids is 1. The SMILES string of the molecule is CC1(C)[C@H]2O[C@H]2[C@H]2[C@](C)(O)[C@@H]3CC[C@@H]4[C@@H](O)[C@]3(C[C@@]4(C)O)C(=O)[C@@H](O)[C@@]21O. The summed E-state index contributed by atoms with van der Waals surface area (Å²) < 4.78 is 5.75. The van der Waals surface area contributed by atoms with Gasteiger partial charge >= 0.3 is 0 Å². The van der Waals surface area contributed by atoms with Crippen molar-refractivity contribution >= 4 is 5.78 Å². The van der Waals surface area contributed by atoms with Crippen molar-refractivity contribution in [1.29, 1.82) is 0 Å². The number of epoxide rings is 1. The normalized spacial score (nSPS) is 66.0. The molecule has 5 N–H and O–H groups in total. The van der Waals surface area contributed by atoms with Crippen molar-refractivity contribution in [3.63, 3.8) is 0 Å². The third-order valence-electron chi connectivity index (χ3n) is 9.28. The van der Waals surface area contributed by atoms with E-state index in [9.17, 15) is 30.3 Å². The maximum absolute atomic E-state index is 13.7. The van der Waals surface area contributed by atoms with Crippen LogP contribution in [0.2, 0.25) is 0 Å². The summed E-state index contributed by atoms with van der Waals surface area (Å²) in [4.78, 5) is 13.7. The van der Waals surface area contributed by atoms with E-state index in [1.807, 2.05) is 0 Å². The van der Waals surface area contributed by atoms with Crippen molar-refractivity contribution in [2.75, 3.05) is 0 Å². The van der Waals surface area contributed by atoms with E-state index in [0.717, 1.165) is 0 Å². The molecule has 1 spiro atoms. The average Bonchev–Trinajstić information content (AvgIpc) is 3.28. The molecule has 0 radical (unpaired) electrons. The lowest BCUT2D eigenvalue weighted by atomic mass is 9.57. The van der Waals surface area contributed by atoms with Gasteiger partial charge in [0.05, 0.1) is 34.9 Å². The number of hydrogen-bond acceptors (Lipinski definition) is 7. The van der Waals surface area contributed by atoms with Crippen molar-refractivity contribution in [2.24, 2.45) is 28.6 Å². The molecule has 0 unspecified atom stereocenters. The van der Waals surface area contributed by atoms with E-state index in [2.05, 4.69) is 0 Å². The molecule has 5 fully saturated rings. The number of aliphatic hydroxyl groups is 5. The van der Waals surface area contributed by atoms with Crippen LogP contribution in [0.5, 0.6) is 0 Å². The Bertz CT molecular complexity index is 730. The molecule has 0 aromatic carbocycles. The molecule has 7 heteroatoms. The van der Waals surface area contributed by atoms with E-state index in [1.165, 1.54) is 0 Å². The molecule has 1 aliphatic heterocycles. The zero-order chi connectivity index (χ0) is 19.9. The van der Waals surface area contributed by atoms with Crippen LogP contribution in [0, 0.1) is 28.6 Å². The van der Waals surface area contributed by atoms with Gasteiger partial charge in [-0.25, -0.2) is 0 Å². The lowest BCUT2D eigenvalue weighted by Crippen LogP contribution is -2.63. The van der Waals surface area contributed by atoms with Crippen LogP contribution >= 0.6 is 0 Å². The fourth-order valence-electron chi connectivity index (χ4n) is 7.96. The summed E-state index contributed by atoms with van der Waals surface area (Å²) in [6.07, 6.45) is -2.80. The van der Waals surface area contributed by atoms with Gasteiger partial charge in [-0.1, -0.05) is 13.8 Å². The van der Waals surface area contributed by atoms with Crippen LogP contribution in [0.25, 0.3) is 0 Å². The van der Waals surface area contributed by atoms with Crippen LogP contribution in [0.3, 0.4) is 0 Å². The minimum absolute atomic E-state index is 0.0271. The summed E-state index contributed by atoms with van der Waals surface area (Å²) in [5.41, 5.74) is -7.08. The standard InChI is InChI=1S/C20H30O7/c1-16(2)15-10(27-15)11-18(4,25)9-6-5-8-12(21)19(9,7-17(8,3)24)13(22)14(23)20(11,16)26/h8-12,14-15,21,23-26H,5-7H2,1-4H3/t8-,9+,10+,11+,12-,14-,15+,17-,18-,19-,20+/m1/s1. The van der Waals surface area contributed by atoms with Gasteiger partial charge in [0, 0.05) is 23.2 Å². The minimum Gasteiger partial charge on any atom is -0.392 e. The second-order valence-electron chi connectivity index (χ2n) is 10.8. The highest BCUT2D eigenvalue weighted by molar-refractivity contribution is 5.92. The fourth-order valence-corrected chi connectivity index (χ4v) is 7.96. The smallest absolute Gasteiger partial charge is 0.173 e. The molecule has 5 rings (SSSR count). The lowest BCUT2D eigenvalue weighted by Gasteiger charge is -2.51. The average molecular weight is 382 g/mol. The maximum Gasteiger partial charge on any atom is 0.173 e. The first-order valence-corrected chi connectivity index (χ1v) is 9.98. The van der Waals surface area contributed by atoms with Crippen LogP contribution in [-0.4, -0.2) is 72.5 Å². The number of fused-ring (bicyclic) bond motifs is 4. The third kappa shape index (κ3) is 1.67. The summed E-state index contributed by atoms with van der Waals surface area (Å²) in [7, 11) is 0. The minimum atomic E-state index is -1.86. The molecule has 1 heterocycles. The van der Waals surface area contributed by atoms with Gasteiger partial charge in [-0.2, -0.15) is 0 Å². The van der Waals surface area contributed by atoms with Crippen LogP contribution in [0.4, 0.5) is 0 Å². The summed E-state index contributed by atoms with van der Waals surface area (Å²) in [6.45, 7) is 6.71. The highest BCUT2D eigenvalue weighted by Crippen LogP contribution is 2.71. The predicted molar refractivity (Wildman–Crippen MR) is 92.4 cm³/mol. The number of carbonyl (C=O) groups is 1. The maximum atomic E-state index is 13.7. The second kappa shape index (κ2) is 4.60. The van der Waals surface area contributed by atoms with Crippen molar-refractivity contribution in [3.05, 3.63) is 0 Å². The van der Waals surface area contributed by atoms with Gasteiger partial charge < -0.3 is 30.3 Å². The van der Waals surface area contributed by atoms with Gasteiger partial charge in [-0.15, -0.1) is 0 Å². The van der Waals surface area contributed by atoms with E-state index in [-0.39, 0.29) is 12.5 Å². The predicted octanol–water partition coefficient (Wildman–Crippen LogP) is -0.636. The van der Waals surface area contributed by atoms with Gasteiger partial charge in [-0.05, 0) is 33.1 Å². The van der Waals surface area contributed by atoms with E-state index in [0.29, 0.717) is 12.8 Å². The highest BCUT2D eigenvalue weighted by atomic mass is 16.6. The Kier molecular flexibility index (Phi) is 3.15. The lowest BCUT2D eigenvalue weighted by molar-refractivity contribution is -0.221. The first-order chi connectivity index (χ1) is 12.3. The Hall–Kier alpha value is -0.570. The van der Waals surface area contributed by atoms with Crippen LogP contribution in [-0.2, 0) is 9.53 Å². The van der Waals surface area contributed by atoms with Crippen molar-refractivity contribution in [2.45, 2.75) is 88.2 Å². The van der Waals surface area contributed by atoms with Crippen molar-refractivity contribution in [1.82, 2.24) is 0 Å². The van der Waals surface area contributed by atoms with Gasteiger partial charge in [0.2, 0.25) is 0 Å². The molecule has 4 saturated carbocycles. The summed E-state index contributed by atoms with van der Waals surface area (Å²) in [5, 5.41) is 56.7. The molecular weight excluding hydrogens is 352 g/mol. The van der Waals surface area contributed by atoms with E-state index in [4.69, 9.17) is 4.74 Å². The largest absolute Gasteiger partial charge is 0.392 e. The quantitative estimate of drug-likeness (QED) is 0.352. The number of Topliss-reactive ketones (excluding diaryl/α,β-unsaturated/α-hetero) is 1. The van der Waals surface area contributed by atoms with Crippen molar-refractivity contribution in [3.8, 4) is 0 Å². The molecule has 27 heavy (non-hydrogen) atoms. The fraction of sp³-hybridized carbons (Fsp3) is 0.950. The van der Waals surface area contributed by atoms with Crippen LogP contribution in [0.1, 0.15) is 47.0 Å². The zero-order valence-electron chi connectivity index (χ0n) is 16.2. The van der Waals surface area contributed by atoms with E-state index < -0.39 is 69.5 Å². The monoisotopic (exact) mass is 382 g/mol. The van der Waals surface area contributed by atoms with Gasteiger partial charge in [0.15, 0.2) is 5.78 Å². The third-order valence-corrected chi connectivity index (χ3v) is 9.28. The van der Waals surface area contributed by atoms with Crippen LogP contribution in [0.15, 0.2) is 0 Å². The molecule has 4 aliphatic carbocycles. The Morgan fingerprint density at radius 3 is 2.30 bits per heavy atom. The Morgan fingerprint density at radius 1 is 1.04 bits per heavy atom.